The first-order valence-corrected chi connectivity index (χ1v) is 14.2. The molecule has 0 aromatic heterocycles. The maximum absolute atomic E-state index is 12.2. The lowest BCUT2D eigenvalue weighted by Crippen LogP contribution is -2.21. The van der Waals surface area contributed by atoms with E-state index in [1.54, 1.807) is 32.3 Å². The van der Waals surface area contributed by atoms with Crippen molar-refractivity contribution in [3.63, 3.8) is 0 Å². The topological polar surface area (TPSA) is 70.1 Å². The molecular formula is C36H49N3O. The number of nitrogens with two attached hydrogens (primary N) is 1. The lowest BCUT2D eigenvalue weighted by atomic mass is 9.91. The second kappa shape index (κ2) is 17.0. The lowest BCUT2D eigenvalue weighted by Gasteiger charge is -2.14. The molecule has 0 aliphatic carbocycles. The van der Waals surface area contributed by atoms with E-state index in [2.05, 4.69) is 53.3 Å². The Morgan fingerprint density at radius 1 is 1.10 bits per heavy atom. The summed E-state index contributed by atoms with van der Waals surface area (Å²) in [7, 11) is 3.44. The molecule has 40 heavy (non-hydrogen) atoms. The molecule has 0 fully saturated rings. The Morgan fingerprint density at radius 2 is 1.75 bits per heavy atom. The fraction of sp³-hybridized carbons (Fsp3) is 0.389. The van der Waals surface area contributed by atoms with E-state index in [4.69, 9.17) is 5.73 Å². The minimum absolute atomic E-state index is 0.0779. The van der Waals surface area contributed by atoms with Crippen LogP contribution in [0.3, 0.4) is 0 Å². The lowest BCUT2D eigenvalue weighted by molar-refractivity contribution is 0.0827. The second-order valence-corrected chi connectivity index (χ2v) is 10.8. The van der Waals surface area contributed by atoms with E-state index in [-0.39, 0.29) is 5.91 Å². The van der Waals surface area contributed by atoms with Crippen molar-refractivity contribution in [1.82, 2.24) is 4.90 Å². The Kier molecular flexibility index (Phi) is 14.5. The van der Waals surface area contributed by atoms with Crippen LogP contribution < -0.4 is 5.73 Å². The summed E-state index contributed by atoms with van der Waals surface area (Å²) in [5.41, 5.74) is 15.1. The smallest absolute Gasteiger partial charge is 0.253 e. The number of carbonyl (C=O) groups is 1. The molecule has 2 aromatic rings. The van der Waals surface area contributed by atoms with Gasteiger partial charge in [-0.1, -0.05) is 89.5 Å². The molecule has 0 saturated carbocycles. The van der Waals surface area contributed by atoms with Crippen LogP contribution in [0.1, 0.15) is 99.8 Å². The Balaban J connectivity index is 0.000000869. The Labute approximate surface area is 243 Å². The number of rotatable bonds is 10. The van der Waals surface area contributed by atoms with Gasteiger partial charge in [0.1, 0.15) is 0 Å². The van der Waals surface area contributed by atoms with Crippen LogP contribution in [0, 0.1) is 24.2 Å². The number of hydrogen-bond donors (Lipinski definition) is 1. The zero-order valence-electron chi connectivity index (χ0n) is 26.2. The van der Waals surface area contributed by atoms with Crippen LogP contribution in [0.2, 0.25) is 0 Å². The van der Waals surface area contributed by atoms with E-state index in [9.17, 15) is 10.1 Å². The number of aryl methyl sites for hydroxylation is 1. The molecule has 4 heteroatoms. The first-order chi connectivity index (χ1) is 18.9. The average Bonchev–Trinajstić information content (AvgIpc) is 2.94. The SMILES string of the molecule is C=C\C=C(/C(C)=C(C)/C=C(\C)c1ccc(C(=O)N(C)C)cc1N)c1ccc(C)c(C#N)c1.CCCCC(C)CC. The number of allylic oxidation sites excluding steroid dienone is 7. The monoisotopic (exact) mass is 539 g/mol. The number of benzene rings is 2. The maximum atomic E-state index is 12.2. The summed E-state index contributed by atoms with van der Waals surface area (Å²) in [6.45, 7) is 18.7. The molecule has 1 unspecified atom stereocenters. The molecule has 0 bridgehead atoms. The van der Waals surface area contributed by atoms with Crippen molar-refractivity contribution in [2.45, 2.75) is 74.1 Å². The number of carbonyl (C=O) groups excluding carboxylic acids is 1. The van der Waals surface area contributed by atoms with Crippen LogP contribution in [-0.4, -0.2) is 24.9 Å². The van der Waals surface area contributed by atoms with Crippen LogP contribution in [0.4, 0.5) is 5.69 Å². The van der Waals surface area contributed by atoms with Crippen molar-refractivity contribution >= 4 is 22.7 Å². The van der Waals surface area contributed by atoms with Crippen LogP contribution in [0.25, 0.3) is 11.1 Å². The number of unbranched alkanes of at least 4 members (excludes halogenated alkanes) is 1. The van der Waals surface area contributed by atoms with Gasteiger partial charge in [0.2, 0.25) is 0 Å². The summed E-state index contributed by atoms with van der Waals surface area (Å²) in [4.78, 5) is 13.7. The molecule has 2 aromatic carbocycles. The van der Waals surface area contributed by atoms with Gasteiger partial charge in [0, 0.05) is 30.9 Å². The molecule has 1 atom stereocenters. The van der Waals surface area contributed by atoms with E-state index in [1.165, 1.54) is 30.6 Å². The summed E-state index contributed by atoms with van der Waals surface area (Å²) in [6.07, 6.45) is 11.3. The van der Waals surface area contributed by atoms with E-state index < -0.39 is 0 Å². The van der Waals surface area contributed by atoms with Crippen molar-refractivity contribution in [3.8, 4) is 6.07 Å². The van der Waals surface area contributed by atoms with E-state index in [0.717, 1.165) is 44.9 Å². The average molecular weight is 540 g/mol. The van der Waals surface area contributed by atoms with Gasteiger partial charge in [0.15, 0.2) is 0 Å². The largest absolute Gasteiger partial charge is 0.398 e. The number of amides is 1. The van der Waals surface area contributed by atoms with Crippen LogP contribution in [0.15, 0.2) is 72.4 Å². The van der Waals surface area contributed by atoms with Gasteiger partial charge in [0.05, 0.1) is 11.6 Å². The first kappa shape index (κ1) is 34.2. The zero-order valence-corrected chi connectivity index (χ0v) is 26.2. The third kappa shape index (κ3) is 10.0. The molecular weight excluding hydrogens is 490 g/mol. The minimum atomic E-state index is -0.0779. The summed E-state index contributed by atoms with van der Waals surface area (Å²) >= 11 is 0. The Hall–Kier alpha value is -3.84. The highest BCUT2D eigenvalue weighted by Gasteiger charge is 2.12. The van der Waals surface area contributed by atoms with Gasteiger partial charge in [-0.05, 0) is 85.2 Å². The third-order valence-electron chi connectivity index (χ3n) is 7.26. The fourth-order valence-corrected chi connectivity index (χ4v) is 4.26. The summed E-state index contributed by atoms with van der Waals surface area (Å²) < 4.78 is 0. The van der Waals surface area contributed by atoms with Gasteiger partial charge >= 0.3 is 0 Å². The Morgan fingerprint density at radius 3 is 2.27 bits per heavy atom. The molecule has 4 nitrogen and oxygen atoms in total. The minimum Gasteiger partial charge on any atom is -0.398 e. The molecule has 0 saturated heterocycles. The summed E-state index contributed by atoms with van der Waals surface area (Å²) in [6, 6.07) is 13.6. The van der Waals surface area contributed by atoms with Crippen LogP contribution in [0.5, 0.6) is 0 Å². The summed E-state index contributed by atoms with van der Waals surface area (Å²) in [5.74, 6) is 0.876. The molecule has 0 radical (unpaired) electrons. The predicted octanol–water partition coefficient (Wildman–Crippen LogP) is 9.38. The number of nitrogen functional groups attached to an aromatic ring is 1. The highest BCUT2D eigenvalue weighted by molar-refractivity contribution is 5.96. The third-order valence-corrected chi connectivity index (χ3v) is 7.26. The number of nitriles is 1. The quantitative estimate of drug-likeness (QED) is 0.241. The second-order valence-electron chi connectivity index (χ2n) is 10.8. The highest BCUT2D eigenvalue weighted by Crippen LogP contribution is 2.30. The summed E-state index contributed by atoms with van der Waals surface area (Å²) in [5, 5.41) is 9.41. The normalized spacial score (nSPS) is 12.9. The van der Waals surface area contributed by atoms with Gasteiger partial charge in [-0.25, -0.2) is 0 Å². The predicted molar refractivity (Wildman–Crippen MR) is 174 cm³/mol. The van der Waals surface area contributed by atoms with Gasteiger partial charge in [0.25, 0.3) is 5.91 Å². The molecule has 0 spiro atoms. The van der Waals surface area contributed by atoms with Crippen molar-refractivity contribution in [3.05, 3.63) is 100 Å². The van der Waals surface area contributed by atoms with Crippen molar-refractivity contribution in [2.75, 3.05) is 19.8 Å². The maximum Gasteiger partial charge on any atom is 0.253 e. The van der Waals surface area contributed by atoms with E-state index in [0.29, 0.717) is 16.8 Å². The fourth-order valence-electron chi connectivity index (χ4n) is 4.26. The molecule has 2 rings (SSSR count). The van der Waals surface area contributed by atoms with Crippen molar-refractivity contribution < 1.29 is 4.79 Å². The molecule has 2 N–H and O–H groups in total. The van der Waals surface area contributed by atoms with E-state index in [1.807, 2.05) is 44.2 Å². The number of hydrogen-bond acceptors (Lipinski definition) is 3. The first-order valence-electron chi connectivity index (χ1n) is 14.2. The molecule has 0 aliphatic rings. The van der Waals surface area contributed by atoms with Gasteiger partial charge in [-0.3, -0.25) is 4.79 Å². The highest BCUT2D eigenvalue weighted by atomic mass is 16.2. The molecule has 214 valence electrons. The zero-order chi connectivity index (χ0) is 30.4. The van der Waals surface area contributed by atoms with Crippen molar-refractivity contribution in [2.24, 2.45) is 5.92 Å². The van der Waals surface area contributed by atoms with Crippen LogP contribution >= 0.6 is 0 Å². The van der Waals surface area contributed by atoms with Crippen LogP contribution in [-0.2, 0) is 0 Å². The van der Waals surface area contributed by atoms with E-state index >= 15 is 0 Å². The number of nitrogens with zero attached hydrogens (tertiary/aromatic N) is 2. The van der Waals surface area contributed by atoms with Gasteiger partial charge in [-0.15, -0.1) is 0 Å². The Bertz CT molecular complexity index is 1300. The molecule has 0 heterocycles. The number of anilines is 1. The standard InChI is InChI=1S/C28H31N3O.C8H18/c1-8-9-26(22-11-10-18(2)24(15-22)17-29)21(5)19(3)14-20(4)25-13-12-23(16-27(25)30)28(32)31(6)7;1-4-6-7-8(3)5-2/h8-16H,1,30H2,2-7H3;8H,4-7H2,1-3H3/b20-14+,21-19+,26-9+;. The molecule has 1 amide bonds. The van der Waals surface area contributed by atoms with Crippen molar-refractivity contribution in [1.29, 1.82) is 5.26 Å². The molecule has 0 aliphatic heterocycles. The van der Waals surface area contributed by atoms with Gasteiger partial charge < -0.3 is 10.6 Å². The van der Waals surface area contributed by atoms with Gasteiger partial charge in [-0.2, -0.15) is 5.26 Å².